The summed E-state index contributed by atoms with van der Waals surface area (Å²) in [6.07, 6.45) is 0. The predicted molar refractivity (Wildman–Crippen MR) is 82.0 cm³/mol. The lowest BCUT2D eigenvalue weighted by atomic mass is 9.96. The second-order valence-electron chi connectivity index (χ2n) is 5.10. The monoisotopic (exact) mass is 302 g/mol. The summed E-state index contributed by atoms with van der Waals surface area (Å²) in [5.41, 5.74) is 6.19. The topological polar surface area (TPSA) is 66.6 Å². The molecule has 3 N–H and O–H groups in total. The van der Waals surface area contributed by atoms with E-state index >= 15 is 0 Å². The molecule has 21 heavy (non-hydrogen) atoms. The van der Waals surface area contributed by atoms with Crippen molar-refractivity contribution in [2.75, 3.05) is 11.4 Å². The van der Waals surface area contributed by atoms with Gasteiger partial charge in [0.15, 0.2) is 5.60 Å². The van der Waals surface area contributed by atoms with Gasteiger partial charge in [0.05, 0.1) is 12.2 Å². The van der Waals surface area contributed by atoms with E-state index in [2.05, 4.69) is 0 Å². The van der Waals surface area contributed by atoms with Gasteiger partial charge in [-0.05, 0) is 23.8 Å². The molecule has 0 aromatic heterocycles. The molecule has 1 aliphatic rings. The fraction of sp³-hybridized carbons (Fsp3) is 0.188. The van der Waals surface area contributed by atoms with Crippen LogP contribution in [-0.4, -0.2) is 17.6 Å². The highest BCUT2D eigenvalue weighted by molar-refractivity contribution is 6.30. The van der Waals surface area contributed by atoms with Crippen LogP contribution in [0.25, 0.3) is 0 Å². The van der Waals surface area contributed by atoms with Crippen molar-refractivity contribution in [3.63, 3.8) is 0 Å². The van der Waals surface area contributed by atoms with Gasteiger partial charge in [-0.3, -0.25) is 4.79 Å². The Labute approximate surface area is 127 Å². The molecule has 2 aromatic rings. The molecule has 0 spiro atoms. The van der Waals surface area contributed by atoms with Crippen molar-refractivity contribution in [3.8, 4) is 0 Å². The lowest BCUT2D eigenvalue weighted by Crippen LogP contribution is -2.45. The predicted octanol–water partition coefficient (Wildman–Crippen LogP) is 2.03. The van der Waals surface area contributed by atoms with E-state index in [0.29, 0.717) is 22.8 Å². The van der Waals surface area contributed by atoms with Gasteiger partial charge in [-0.1, -0.05) is 41.9 Å². The first-order chi connectivity index (χ1) is 10.1. The molecule has 4 nitrogen and oxygen atoms in total. The van der Waals surface area contributed by atoms with E-state index in [1.807, 2.05) is 24.3 Å². The first kappa shape index (κ1) is 14.1. The molecular formula is C16H15ClN2O2. The number of carbonyl (C=O) groups excluding carboxylic acids is 1. The summed E-state index contributed by atoms with van der Waals surface area (Å²) in [5, 5.41) is 11.2. The van der Waals surface area contributed by atoms with Crippen LogP contribution in [0.3, 0.4) is 0 Å². The molecule has 5 heteroatoms. The molecule has 0 saturated heterocycles. The van der Waals surface area contributed by atoms with Gasteiger partial charge in [0.1, 0.15) is 0 Å². The van der Waals surface area contributed by atoms with Gasteiger partial charge in [0.2, 0.25) is 0 Å². The fourth-order valence-electron chi connectivity index (χ4n) is 2.63. The van der Waals surface area contributed by atoms with Crippen molar-refractivity contribution >= 4 is 23.2 Å². The summed E-state index contributed by atoms with van der Waals surface area (Å²) in [6, 6.07) is 14.5. The Kier molecular flexibility index (Phi) is 3.45. The van der Waals surface area contributed by atoms with E-state index in [-0.39, 0.29) is 12.5 Å². The fourth-order valence-corrected chi connectivity index (χ4v) is 2.76. The van der Waals surface area contributed by atoms with Gasteiger partial charge in [0, 0.05) is 17.1 Å². The van der Waals surface area contributed by atoms with Gasteiger partial charge in [-0.15, -0.1) is 0 Å². The van der Waals surface area contributed by atoms with Gasteiger partial charge >= 0.3 is 0 Å². The first-order valence-electron chi connectivity index (χ1n) is 6.64. The van der Waals surface area contributed by atoms with Gasteiger partial charge in [-0.25, -0.2) is 0 Å². The van der Waals surface area contributed by atoms with Crippen LogP contribution < -0.4 is 10.6 Å². The summed E-state index contributed by atoms with van der Waals surface area (Å²) in [4.78, 5) is 14.1. The number of halogens is 1. The maximum atomic E-state index is 12.6. The van der Waals surface area contributed by atoms with E-state index in [1.54, 1.807) is 29.2 Å². The zero-order chi connectivity index (χ0) is 15.0. The first-order valence-corrected chi connectivity index (χ1v) is 7.02. The van der Waals surface area contributed by atoms with Crippen molar-refractivity contribution in [1.29, 1.82) is 0 Å². The van der Waals surface area contributed by atoms with Crippen molar-refractivity contribution in [1.82, 2.24) is 0 Å². The Bertz CT molecular complexity index is 687. The summed E-state index contributed by atoms with van der Waals surface area (Å²) in [6.45, 7) is 0.231. The largest absolute Gasteiger partial charge is 0.374 e. The SMILES string of the molecule is NCC1(O)C(=O)N(Cc2ccc(Cl)cc2)c2ccccc21. The average Bonchev–Trinajstić information content (AvgIpc) is 2.72. The molecule has 0 fully saturated rings. The number of amides is 1. The molecule has 0 radical (unpaired) electrons. The molecule has 1 heterocycles. The van der Waals surface area contributed by atoms with Crippen LogP contribution >= 0.6 is 11.6 Å². The Hall–Kier alpha value is -1.88. The molecule has 0 bridgehead atoms. The second kappa shape index (κ2) is 5.15. The third kappa shape index (κ3) is 2.21. The van der Waals surface area contributed by atoms with Crippen LogP contribution in [0.2, 0.25) is 5.02 Å². The summed E-state index contributed by atoms with van der Waals surface area (Å²) in [5.74, 6) is -0.388. The number of nitrogens with zero attached hydrogens (tertiary/aromatic N) is 1. The van der Waals surface area contributed by atoms with Crippen LogP contribution in [0, 0.1) is 0 Å². The third-order valence-corrected chi connectivity index (χ3v) is 4.04. The van der Waals surface area contributed by atoms with Gasteiger partial charge < -0.3 is 15.7 Å². The summed E-state index contributed by atoms with van der Waals surface area (Å²) < 4.78 is 0. The molecule has 2 aromatic carbocycles. The highest BCUT2D eigenvalue weighted by Gasteiger charge is 2.48. The van der Waals surface area contributed by atoms with Crippen LogP contribution in [0.15, 0.2) is 48.5 Å². The number of anilines is 1. The van der Waals surface area contributed by atoms with Crippen molar-refractivity contribution < 1.29 is 9.90 Å². The number of rotatable bonds is 3. The molecular weight excluding hydrogens is 288 g/mol. The zero-order valence-electron chi connectivity index (χ0n) is 11.3. The minimum absolute atomic E-state index is 0.139. The lowest BCUT2D eigenvalue weighted by molar-refractivity contribution is -0.135. The zero-order valence-corrected chi connectivity index (χ0v) is 12.0. The number of carbonyl (C=O) groups is 1. The number of para-hydroxylation sites is 1. The smallest absolute Gasteiger partial charge is 0.265 e. The maximum absolute atomic E-state index is 12.6. The Morgan fingerprint density at radius 3 is 2.48 bits per heavy atom. The molecule has 1 amide bonds. The molecule has 108 valence electrons. The Morgan fingerprint density at radius 2 is 1.81 bits per heavy atom. The van der Waals surface area contributed by atoms with Crippen LogP contribution in [0.1, 0.15) is 11.1 Å². The average molecular weight is 303 g/mol. The van der Waals surface area contributed by atoms with Crippen molar-refractivity contribution in [2.45, 2.75) is 12.1 Å². The van der Waals surface area contributed by atoms with Gasteiger partial charge in [-0.2, -0.15) is 0 Å². The number of benzene rings is 2. The minimum Gasteiger partial charge on any atom is -0.374 e. The van der Waals surface area contributed by atoms with Gasteiger partial charge in [0.25, 0.3) is 5.91 Å². The maximum Gasteiger partial charge on any atom is 0.265 e. The highest BCUT2D eigenvalue weighted by atomic mass is 35.5. The van der Waals surface area contributed by atoms with Crippen LogP contribution in [0.4, 0.5) is 5.69 Å². The molecule has 0 aliphatic carbocycles. The number of nitrogens with two attached hydrogens (primary N) is 1. The number of hydrogen-bond acceptors (Lipinski definition) is 3. The van der Waals surface area contributed by atoms with E-state index in [1.165, 1.54) is 0 Å². The number of hydrogen-bond donors (Lipinski definition) is 2. The normalized spacial score (nSPS) is 20.7. The molecule has 3 rings (SSSR count). The minimum atomic E-state index is -1.64. The second-order valence-corrected chi connectivity index (χ2v) is 5.54. The molecule has 1 unspecified atom stereocenters. The summed E-state index contributed by atoms with van der Waals surface area (Å²) >= 11 is 5.87. The molecule has 0 saturated carbocycles. The highest BCUT2D eigenvalue weighted by Crippen LogP contribution is 2.40. The van der Waals surface area contributed by atoms with Crippen LogP contribution in [-0.2, 0) is 16.9 Å². The quantitative estimate of drug-likeness (QED) is 0.912. The standard InChI is InChI=1S/C16H15ClN2O2/c17-12-7-5-11(6-8-12)9-19-14-4-2-1-3-13(14)16(21,10-18)15(19)20/h1-8,21H,9-10,18H2. The van der Waals surface area contributed by atoms with E-state index in [9.17, 15) is 9.90 Å². The number of fused-ring (bicyclic) bond motifs is 1. The van der Waals surface area contributed by atoms with Crippen LogP contribution in [0.5, 0.6) is 0 Å². The van der Waals surface area contributed by atoms with Crippen molar-refractivity contribution in [2.24, 2.45) is 5.73 Å². The van der Waals surface area contributed by atoms with Crippen molar-refractivity contribution in [3.05, 3.63) is 64.7 Å². The third-order valence-electron chi connectivity index (χ3n) is 3.79. The number of aliphatic hydroxyl groups is 1. The molecule has 1 aliphatic heterocycles. The Morgan fingerprint density at radius 1 is 1.14 bits per heavy atom. The van der Waals surface area contributed by atoms with E-state index in [4.69, 9.17) is 17.3 Å². The Balaban J connectivity index is 2.00. The lowest BCUT2D eigenvalue weighted by Gasteiger charge is -2.21. The molecule has 1 atom stereocenters. The van der Waals surface area contributed by atoms with E-state index < -0.39 is 5.60 Å². The van der Waals surface area contributed by atoms with E-state index in [0.717, 1.165) is 5.56 Å². The summed E-state index contributed by atoms with van der Waals surface area (Å²) in [7, 11) is 0.